The van der Waals surface area contributed by atoms with Crippen molar-refractivity contribution in [3.05, 3.63) is 65.7 Å². The highest BCUT2D eigenvalue weighted by molar-refractivity contribution is 5.89. The third-order valence-electron chi connectivity index (χ3n) is 9.87. The minimum atomic E-state index is -1.72. The number of hydrogen-bond acceptors (Lipinski definition) is 13. The maximum absolute atomic E-state index is 12.9. The third-order valence-corrected chi connectivity index (χ3v) is 9.87. The second kappa shape index (κ2) is 9.68. The molecule has 7 aliphatic rings. The molecule has 0 amide bonds. The fraction of sp³-hybridized carbons (Fsp3) is 0.533. The zero-order valence-corrected chi connectivity index (χ0v) is 23.1. The van der Waals surface area contributed by atoms with Crippen molar-refractivity contribution in [1.29, 1.82) is 0 Å². The summed E-state index contributed by atoms with van der Waals surface area (Å²) in [6, 6.07) is 13.8. The largest absolute Gasteiger partial charge is 0.508 e. The van der Waals surface area contributed by atoms with Crippen LogP contribution >= 0.6 is 0 Å². The van der Waals surface area contributed by atoms with Gasteiger partial charge in [-0.1, -0.05) is 18.2 Å². The van der Waals surface area contributed by atoms with Crippen molar-refractivity contribution in [3.63, 3.8) is 0 Å². The molecule has 6 bridgehead atoms. The predicted octanol–water partition coefficient (Wildman–Crippen LogP) is 0.213. The van der Waals surface area contributed by atoms with E-state index in [-0.39, 0.29) is 30.8 Å². The van der Waals surface area contributed by atoms with Crippen molar-refractivity contribution in [2.45, 2.75) is 73.8 Å². The highest BCUT2D eigenvalue weighted by Gasteiger charge is 2.94. The first-order valence-corrected chi connectivity index (χ1v) is 14.1. The summed E-state index contributed by atoms with van der Waals surface area (Å²) >= 11 is 0. The second-order valence-corrected chi connectivity index (χ2v) is 12.2. The van der Waals surface area contributed by atoms with E-state index in [1.165, 1.54) is 24.3 Å². The molecular formula is C30H32O13. The fourth-order valence-electron chi connectivity index (χ4n) is 7.70. The van der Waals surface area contributed by atoms with Crippen LogP contribution in [-0.2, 0) is 28.4 Å². The van der Waals surface area contributed by atoms with Gasteiger partial charge in [-0.25, -0.2) is 9.59 Å². The van der Waals surface area contributed by atoms with Crippen LogP contribution < -0.4 is 0 Å². The van der Waals surface area contributed by atoms with E-state index < -0.39 is 83.9 Å². The van der Waals surface area contributed by atoms with Gasteiger partial charge in [0.1, 0.15) is 54.6 Å². The van der Waals surface area contributed by atoms with Gasteiger partial charge in [-0.2, -0.15) is 0 Å². The molecule has 2 aromatic carbocycles. The summed E-state index contributed by atoms with van der Waals surface area (Å²) < 4.78 is 35.6. The summed E-state index contributed by atoms with van der Waals surface area (Å²) in [5.74, 6) is -3.44. The lowest BCUT2D eigenvalue weighted by Crippen LogP contribution is -2.80. The van der Waals surface area contributed by atoms with Gasteiger partial charge in [-0.05, 0) is 49.7 Å². The standard InChI is InChI=1S/C30H32O13/c1-27-13-29(37)19-11-30(27,28(19,26(42-27)43-29)14-39-24(36)15-5-3-2-4-6-15)41-25-22(34)21(33)20(32)18(40-25)12-38-23(35)16-7-9-17(31)10-8-16/h2-10,18-22,25-26,31-34,37H,11-14H2,1H3/t18-,19-,20-,21+,22-,25+,26-,27+,28+,29-,30?/m1/s1. The quantitative estimate of drug-likeness (QED) is 0.259. The van der Waals surface area contributed by atoms with Gasteiger partial charge in [0.25, 0.3) is 0 Å². The van der Waals surface area contributed by atoms with E-state index in [0.717, 1.165) is 0 Å². The first kappa shape index (κ1) is 28.6. The molecule has 11 atom stereocenters. The minimum absolute atomic E-state index is 0.0331. The smallest absolute Gasteiger partial charge is 0.338 e. The topological polar surface area (TPSA) is 191 Å². The highest BCUT2D eigenvalue weighted by atomic mass is 16.8. The molecule has 5 N–H and O–H groups in total. The van der Waals surface area contributed by atoms with Crippen molar-refractivity contribution in [3.8, 4) is 5.75 Å². The molecule has 0 spiro atoms. The Labute approximate surface area is 245 Å². The number of aliphatic hydroxyl groups excluding tert-OH is 3. The zero-order chi connectivity index (χ0) is 30.4. The van der Waals surface area contributed by atoms with Crippen molar-refractivity contribution >= 4 is 11.9 Å². The van der Waals surface area contributed by atoms with Crippen LogP contribution in [0.1, 0.15) is 40.5 Å². The Hall–Kier alpha value is -3.14. The van der Waals surface area contributed by atoms with Crippen LogP contribution in [0.2, 0.25) is 0 Å². The van der Waals surface area contributed by atoms with Gasteiger partial charge in [-0.15, -0.1) is 0 Å². The summed E-state index contributed by atoms with van der Waals surface area (Å²) in [6.45, 7) is 1.02. The van der Waals surface area contributed by atoms with E-state index in [4.69, 9.17) is 28.4 Å². The van der Waals surface area contributed by atoms with Crippen LogP contribution in [0.3, 0.4) is 0 Å². The Kier molecular flexibility index (Phi) is 6.44. The maximum atomic E-state index is 12.9. The summed E-state index contributed by atoms with van der Waals surface area (Å²) in [7, 11) is 0. The Balaban J connectivity index is 1.12. The average molecular weight is 601 g/mol. The summed E-state index contributed by atoms with van der Waals surface area (Å²) in [6.07, 6.45) is -8.60. The number of phenolic OH excluding ortho intramolecular Hbond substituents is 1. The normalized spacial score (nSPS) is 43.7. The monoisotopic (exact) mass is 600 g/mol. The molecule has 43 heavy (non-hydrogen) atoms. The number of aliphatic hydroxyl groups is 4. The van der Waals surface area contributed by atoms with Crippen LogP contribution in [0.5, 0.6) is 5.75 Å². The van der Waals surface area contributed by atoms with Gasteiger partial charge in [0, 0.05) is 12.3 Å². The molecule has 9 rings (SSSR count). The molecule has 4 heterocycles. The molecule has 230 valence electrons. The number of phenols is 1. The molecule has 13 nitrogen and oxygen atoms in total. The van der Waals surface area contributed by atoms with Crippen LogP contribution in [0.15, 0.2) is 54.6 Å². The Morgan fingerprint density at radius 2 is 1.58 bits per heavy atom. The van der Waals surface area contributed by atoms with E-state index in [0.29, 0.717) is 5.56 Å². The number of esters is 2. The summed E-state index contributed by atoms with van der Waals surface area (Å²) in [5, 5.41) is 53.1. The molecule has 3 aliphatic carbocycles. The zero-order valence-electron chi connectivity index (χ0n) is 23.1. The highest BCUT2D eigenvalue weighted by Crippen LogP contribution is 2.81. The van der Waals surface area contributed by atoms with Gasteiger partial charge in [-0.3, -0.25) is 0 Å². The van der Waals surface area contributed by atoms with Crippen LogP contribution in [0.25, 0.3) is 0 Å². The summed E-state index contributed by atoms with van der Waals surface area (Å²) in [5.41, 5.74) is -3.12. The molecule has 2 aromatic rings. The lowest BCUT2D eigenvalue weighted by Gasteiger charge is -2.67. The molecule has 0 radical (unpaired) electrons. The Morgan fingerprint density at radius 3 is 2.30 bits per heavy atom. The first-order chi connectivity index (χ1) is 20.4. The van der Waals surface area contributed by atoms with E-state index in [1.54, 1.807) is 37.3 Å². The molecule has 4 saturated heterocycles. The fourth-order valence-corrected chi connectivity index (χ4v) is 7.70. The van der Waals surface area contributed by atoms with Crippen molar-refractivity contribution in [2.24, 2.45) is 11.3 Å². The number of hydrogen-bond donors (Lipinski definition) is 5. The van der Waals surface area contributed by atoms with E-state index in [1.807, 2.05) is 0 Å². The predicted molar refractivity (Wildman–Crippen MR) is 140 cm³/mol. The first-order valence-electron chi connectivity index (χ1n) is 14.1. The lowest BCUT2D eigenvalue weighted by molar-refractivity contribution is -0.424. The van der Waals surface area contributed by atoms with Crippen LogP contribution in [0, 0.1) is 11.3 Å². The van der Waals surface area contributed by atoms with E-state index in [2.05, 4.69) is 0 Å². The van der Waals surface area contributed by atoms with Crippen molar-refractivity contribution in [2.75, 3.05) is 13.2 Å². The molecule has 7 fully saturated rings. The minimum Gasteiger partial charge on any atom is -0.508 e. The number of rotatable bonds is 8. The van der Waals surface area contributed by atoms with Gasteiger partial charge < -0.3 is 54.0 Å². The van der Waals surface area contributed by atoms with E-state index in [9.17, 15) is 35.1 Å². The maximum Gasteiger partial charge on any atom is 0.338 e. The molecule has 4 aliphatic heterocycles. The SMILES string of the molecule is C[C@@]12C[C@@]3(O)O[C@@H](O1)[C@]1(COC(=O)c4ccccc4)[C@H]3CC12O[C@@H]1O[C@H](COC(=O)c2ccc(O)cc2)[C@@H](O)[C@H](O)[C@H]1O. The number of carbonyl (C=O) groups excluding carboxylic acids is 2. The Morgan fingerprint density at radius 1 is 0.907 bits per heavy atom. The molecule has 13 heteroatoms. The van der Waals surface area contributed by atoms with E-state index >= 15 is 0 Å². The van der Waals surface area contributed by atoms with Gasteiger partial charge in [0.15, 0.2) is 18.4 Å². The molecular weight excluding hydrogens is 568 g/mol. The second-order valence-electron chi connectivity index (χ2n) is 12.2. The van der Waals surface area contributed by atoms with Crippen molar-refractivity contribution < 1.29 is 63.5 Å². The molecule has 1 unspecified atom stereocenters. The van der Waals surface area contributed by atoms with Gasteiger partial charge in [0.2, 0.25) is 0 Å². The van der Waals surface area contributed by atoms with Gasteiger partial charge in [0.05, 0.1) is 16.5 Å². The molecule has 3 saturated carbocycles. The summed E-state index contributed by atoms with van der Waals surface area (Å²) in [4.78, 5) is 25.4. The average Bonchev–Trinajstić information content (AvgIpc) is 3.18. The number of aromatic hydroxyl groups is 1. The van der Waals surface area contributed by atoms with Gasteiger partial charge >= 0.3 is 11.9 Å². The number of benzene rings is 2. The Bertz CT molecular complexity index is 1420. The lowest BCUT2D eigenvalue weighted by atomic mass is 9.41. The number of carbonyl (C=O) groups is 2. The van der Waals surface area contributed by atoms with Crippen LogP contribution in [-0.4, -0.2) is 105 Å². The number of ether oxygens (including phenoxy) is 6. The molecule has 0 aromatic heterocycles. The van der Waals surface area contributed by atoms with Crippen molar-refractivity contribution in [1.82, 2.24) is 0 Å². The van der Waals surface area contributed by atoms with Crippen LogP contribution in [0.4, 0.5) is 0 Å². The third kappa shape index (κ3) is 3.93.